The van der Waals surface area contributed by atoms with Gasteiger partial charge >= 0.3 is 6.18 Å². The van der Waals surface area contributed by atoms with Crippen molar-refractivity contribution < 1.29 is 17.9 Å². The summed E-state index contributed by atoms with van der Waals surface area (Å²) < 4.78 is 43.7. The Balaban J connectivity index is 1.35. The Kier molecular flexibility index (Phi) is 7.16. The van der Waals surface area contributed by atoms with Gasteiger partial charge in [0.2, 0.25) is 0 Å². The first-order valence-electron chi connectivity index (χ1n) is 9.68. The van der Waals surface area contributed by atoms with Crippen molar-refractivity contribution in [1.29, 1.82) is 0 Å². The topological polar surface area (TPSA) is 31.8 Å². The van der Waals surface area contributed by atoms with Gasteiger partial charge in [-0.05, 0) is 32.0 Å². The Hall–Kier alpha value is -1.82. The molecule has 0 spiro atoms. The predicted molar refractivity (Wildman–Crippen MR) is 102 cm³/mol. The van der Waals surface area contributed by atoms with Gasteiger partial charge in [0.05, 0.1) is 18.2 Å². The molecule has 154 valence electrons. The van der Waals surface area contributed by atoms with Crippen LogP contribution in [0.15, 0.2) is 18.3 Å². The van der Waals surface area contributed by atoms with E-state index in [-0.39, 0.29) is 6.10 Å². The molecule has 3 rings (SSSR count). The number of halogens is 3. The number of aromatic nitrogens is 1. The first-order valence-corrected chi connectivity index (χ1v) is 9.68. The van der Waals surface area contributed by atoms with Crippen molar-refractivity contribution in [2.75, 3.05) is 64.4 Å². The van der Waals surface area contributed by atoms with Crippen LogP contribution in [0.1, 0.15) is 18.4 Å². The van der Waals surface area contributed by atoms with Gasteiger partial charge in [-0.3, -0.25) is 4.90 Å². The summed E-state index contributed by atoms with van der Waals surface area (Å²) in [5.41, 5.74) is -0.718. The standard InChI is InChI=1S/C20H27F3N4O/c1-25-11-13-26(14-12-25)8-2-3-15-28-18-6-9-27(10-7-18)19-5-4-17(16-24-19)20(21,22)23/h4-5,16,18H,6-15H2,1H3. The van der Waals surface area contributed by atoms with Crippen molar-refractivity contribution in [2.45, 2.75) is 25.1 Å². The van der Waals surface area contributed by atoms with E-state index in [1.807, 2.05) is 4.90 Å². The Morgan fingerprint density at radius 1 is 1.07 bits per heavy atom. The largest absolute Gasteiger partial charge is 0.417 e. The summed E-state index contributed by atoms with van der Waals surface area (Å²) in [5, 5.41) is 0. The number of nitrogens with zero attached hydrogens (tertiary/aromatic N) is 4. The molecule has 0 atom stereocenters. The van der Waals surface area contributed by atoms with Gasteiger partial charge in [0.1, 0.15) is 12.4 Å². The smallest absolute Gasteiger partial charge is 0.365 e. The van der Waals surface area contributed by atoms with E-state index in [1.165, 1.54) is 6.07 Å². The molecule has 1 aromatic heterocycles. The molecule has 8 heteroatoms. The number of rotatable bonds is 4. The van der Waals surface area contributed by atoms with Gasteiger partial charge < -0.3 is 14.5 Å². The van der Waals surface area contributed by atoms with Gasteiger partial charge in [-0.2, -0.15) is 13.2 Å². The van der Waals surface area contributed by atoms with Gasteiger partial charge in [-0.15, -0.1) is 0 Å². The van der Waals surface area contributed by atoms with Crippen molar-refractivity contribution >= 4 is 5.82 Å². The van der Waals surface area contributed by atoms with E-state index in [0.717, 1.165) is 70.9 Å². The second-order valence-electron chi connectivity index (χ2n) is 7.33. The minimum absolute atomic E-state index is 0.142. The molecule has 1 aromatic rings. The summed E-state index contributed by atoms with van der Waals surface area (Å²) in [6, 6.07) is 2.52. The number of pyridine rings is 1. The summed E-state index contributed by atoms with van der Waals surface area (Å²) in [6.45, 7) is 6.95. The maximum atomic E-state index is 12.6. The van der Waals surface area contributed by atoms with Crippen LogP contribution >= 0.6 is 0 Å². The summed E-state index contributed by atoms with van der Waals surface area (Å²) in [7, 11) is 2.13. The third kappa shape index (κ3) is 6.09. The van der Waals surface area contributed by atoms with Crippen LogP contribution in [0.4, 0.5) is 19.0 Å². The zero-order valence-corrected chi connectivity index (χ0v) is 16.2. The molecule has 5 nitrogen and oxygen atoms in total. The van der Waals surface area contributed by atoms with E-state index >= 15 is 0 Å². The van der Waals surface area contributed by atoms with Crippen molar-refractivity contribution in [3.8, 4) is 11.8 Å². The fourth-order valence-corrected chi connectivity index (χ4v) is 3.38. The van der Waals surface area contributed by atoms with Crippen LogP contribution in [-0.2, 0) is 10.9 Å². The molecular formula is C20H27F3N4O. The molecule has 2 aliphatic rings. The van der Waals surface area contributed by atoms with Crippen molar-refractivity contribution in [3.63, 3.8) is 0 Å². The van der Waals surface area contributed by atoms with Crippen LogP contribution in [-0.4, -0.2) is 80.4 Å². The molecule has 0 bridgehead atoms. The molecule has 28 heavy (non-hydrogen) atoms. The van der Waals surface area contributed by atoms with E-state index in [2.05, 4.69) is 33.7 Å². The summed E-state index contributed by atoms with van der Waals surface area (Å²) in [6.07, 6.45) is -1.67. The molecule has 0 aliphatic carbocycles. The van der Waals surface area contributed by atoms with Crippen LogP contribution in [0.2, 0.25) is 0 Å². The lowest BCUT2D eigenvalue weighted by Crippen LogP contribution is -2.44. The van der Waals surface area contributed by atoms with Crippen LogP contribution in [0.25, 0.3) is 0 Å². The number of piperazine rings is 1. The molecule has 0 amide bonds. The van der Waals surface area contributed by atoms with Crippen LogP contribution < -0.4 is 4.90 Å². The molecule has 3 heterocycles. The Bertz CT molecular complexity index is 667. The van der Waals surface area contributed by atoms with E-state index in [1.54, 1.807) is 0 Å². The Morgan fingerprint density at radius 3 is 2.39 bits per heavy atom. The summed E-state index contributed by atoms with van der Waals surface area (Å²) in [5.74, 6) is 6.86. The molecule has 2 saturated heterocycles. The van der Waals surface area contributed by atoms with E-state index < -0.39 is 11.7 Å². The lowest BCUT2D eigenvalue weighted by atomic mass is 10.1. The Morgan fingerprint density at radius 2 is 1.79 bits per heavy atom. The van der Waals surface area contributed by atoms with Gasteiger partial charge in [-0.25, -0.2) is 4.98 Å². The van der Waals surface area contributed by atoms with E-state index in [9.17, 15) is 13.2 Å². The van der Waals surface area contributed by atoms with Crippen molar-refractivity contribution in [1.82, 2.24) is 14.8 Å². The highest BCUT2D eigenvalue weighted by Crippen LogP contribution is 2.29. The highest BCUT2D eigenvalue weighted by atomic mass is 19.4. The predicted octanol–water partition coefficient (Wildman–Crippen LogP) is 2.34. The zero-order valence-electron chi connectivity index (χ0n) is 16.2. The van der Waals surface area contributed by atoms with Gasteiger partial charge in [0.25, 0.3) is 0 Å². The van der Waals surface area contributed by atoms with Crippen LogP contribution in [0.3, 0.4) is 0 Å². The second kappa shape index (κ2) is 9.59. The van der Waals surface area contributed by atoms with Crippen LogP contribution in [0.5, 0.6) is 0 Å². The highest BCUT2D eigenvalue weighted by molar-refractivity contribution is 5.40. The minimum Gasteiger partial charge on any atom is -0.365 e. The van der Waals surface area contributed by atoms with Crippen molar-refractivity contribution in [2.24, 2.45) is 0 Å². The molecule has 0 saturated carbocycles. The minimum atomic E-state index is -4.35. The fourth-order valence-electron chi connectivity index (χ4n) is 3.38. The third-order valence-corrected chi connectivity index (χ3v) is 5.26. The fraction of sp³-hybridized carbons (Fsp3) is 0.650. The Labute approximate surface area is 164 Å². The number of hydrogen-bond acceptors (Lipinski definition) is 5. The average Bonchev–Trinajstić information content (AvgIpc) is 2.69. The molecule has 2 aliphatic heterocycles. The maximum absolute atomic E-state index is 12.6. The van der Waals surface area contributed by atoms with Gasteiger partial charge in [0, 0.05) is 45.5 Å². The molecule has 0 aromatic carbocycles. The second-order valence-corrected chi connectivity index (χ2v) is 7.33. The van der Waals surface area contributed by atoms with E-state index in [0.29, 0.717) is 12.4 Å². The molecule has 0 N–H and O–H groups in total. The zero-order chi connectivity index (χ0) is 20.0. The third-order valence-electron chi connectivity index (χ3n) is 5.26. The maximum Gasteiger partial charge on any atom is 0.417 e. The number of hydrogen-bond donors (Lipinski definition) is 0. The number of piperidine rings is 1. The first kappa shape index (κ1) is 20.9. The quantitative estimate of drug-likeness (QED) is 0.730. The lowest BCUT2D eigenvalue weighted by Gasteiger charge is -2.32. The van der Waals surface area contributed by atoms with Gasteiger partial charge in [0.15, 0.2) is 0 Å². The molecule has 0 radical (unpaired) electrons. The van der Waals surface area contributed by atoms with Crippen molar-refractivity contribution in [3.05, 3.63) is 23.9 Å². The first-order chi connectivity index (χ1) is 13.4. The SMILES string of the molecule is CN1CCN(CC#CCOC2CCN(c3ccc(C(F)(F)F)cn3)CC2)CC1. The average molecular weight is 396 g/mol. The summed E-state index contributed by atoms with van der Waals surface area (Å²) in [4.78, 5) is 10.6. The van der Waals surface area contributed by atoms with Gasteiger partial charge in [-0.1, -0.05) is 11.8 Å². The molecule has 2 fully saturated rings. The number of likely N-dealkylation sites (N-methyl/N-ethyl adjacent to an activating group) is 1. The molecular weight excluding hydrogens is 369 g/mol. The normalized spacial score (nSPS) is 20.1. The number of alkyl halides is 3. The highest BCUT2D eigenvalue weighted by Gasteiger charge is 2.31. The molecule has 0 unspecified atom stereocenters. The lowest BCUT2D eigenvalue weighted by molar-refractivity contribution is -0.137. The monoisotopic (exact) mass is 396 g/mol. The summed E-state index contributed by atoms with van der Waals surface area (Å²) >= 11 is 0. The number of anilines is 1. The van der Waals surface area contributed by atoms with Crippen LogP contribution in [0, 0.1) is 11.8 Å². The van der Waals surface area contributed by atoms with E-state index in [4.69, 9.17) is 4.74 Å². The number of ether oxygens (including phenoxy) is 1.